The number of nitrogens with zero attached hydrogens (tertiary/aromatic N) is 4. The van der Waals surface area contributed by atoms with Crippen molar-refractivity contribution in [2.24, 2.45) is 0 Å². The van der Waals surface area contributed by atoms with Gasteiger partial charge in [0, 0.05) is 5.56 Å². The van der Waals surface area contributed by atoms with E-state index in [1.807, 2.05) is 55.7 Å². The summed E-state index contributed by atoms with van der Waals surface area (Å²) in [4.78, 5) is 9.03. The fraction of sp³-hybridized carbons (Fsp3) is 0.190. The molecule has 5 rings (SSSR count). The molecule has 0 aliphatic carbocycles. The Kier molecular flexibility index (Phi) is 3.83. The zero-order valence-corrected chi connectivity index (χ0v) is 14.9. The summed E-state index contributed by atoms with van der Waals surface area (Å²) < 4.78 is 13.6. The number of benzene rings is 2. The Morgan fingerprint density at radius 2 is 1.85 bits per heavy atom. The van der Waals surface area contributed by atoms with Crippen LogP contribution in [-0.4, -0.2) is 19.7 Å². The standard InChI is InChI=1S/C21H18N4O2/c1-14-7-9-16(10-8-14)20-23-21(27-24-20)19-17-12-26-18(11-25(17)13-22-19)15-5-3-2-4-6-15/h2-10,13,18H,11-12H2,1H3. The van der Waals surface area contributed by atoms with Crippen LogP contribution < -0.4 is 0 Å². The third kappa shape index (κ3) is 2.94. The highest BCUT2D eigenvalue weighted by atomic mass is 16.5. The van der Waals surface area contributed by atoms with Gasteiger partial charge in [-0.15, -0.1) is 0 Å². The molecule has 0 saturated heterocycles. The van der Waals surface area contributed by atoms with Crippen LogP contribution in [-0.2, 0) is 17.9 Å². The second kappa shape index (κ2) is 6.48. The molecule has 0 amide bonds. The fourth-order valence-corrected chi connectivity index (χ4v) is 3.31. The molecule has 6 heteroatoms. The van der Waals surface area contributed by atoms with E-state index >= 15 is 0 Å². The van der Waals surface area contributed by atoms with Crippen molar-refractivity contribution < 1.29 is 9.26 Å². The minimum Gasteiger partial charge on any atom is -0.365 e. The molecule has 0 bridgehead atoms. The molecule has 0 N–H and O–H groups in total. The number of fused-ring (bicyclic) bond motifs is 1. The Morgan fingerprint density at radius 1 is 1.04 bits per heavy atom. The third-order valence-corrected chi connectivity index (χ3v) is 4.84. The van der Waals surface area contributed by atoms with Crippen LogP contribution in [0.2, 0.25) is 0 Å². The van der Waals surface area contributed by atoms with E-state index in [2.05, 4.69) is 31.8 Å². The quantitative estimate of drug-likeness (QED) is 0.550. The molecular weight excluding hydrogens is 340 g/mol. The van der Waals surface area contributed by atoms with Crippen LogP contribution in [0.25, 0.3) is 23.0 Å². The largest absolute Gasteiger partial charge is 0.365 e. The van der Waals surface area contributed by atoms with Crippen LogP contribution in [0.5, 0.6) is 0 Å². The van der Waals surface area contributed by atoms with Crippen molar-refractivity contribution in [3.05, 3.63) is 77.7 Å². The SMILES string of the molecule is Cc1ccc(-c2noc(-c3ncn4c3COC(c3ccccc3)C4)n2)cc1. The first-order valence-corrected chi connectivity index (χ1v) is 8.89. The number of rotatable bonds is 3. The first-order chi connectivity index (χ1) is 13.3. The van der Waals surface area contributed by atoms with Crippen LogP contribution in [0.1, 0.15) is 22.9 Å². The van der Waals surface area contributed by atoms with Crippen molar-refractivity contribution in [3.63, 3.8) is 0 Å². The van der Waals surface area contributed by atoms with E-state index in [4.69, 9.17) is 9.26 Å². The van der Waals surface area contributed by atoms with Gasteiger partial charge < -0.3 is 13.8 Å². The van der Waals surface area contributed by atoms with Gasteiger partial charge in [0.25, 0.3) is 5.89 Å². The Balaban J connectivity index is 1.42. The molecule has 4 aromatic rings. The molecule has 1 atom stereocenters. The van der Waals surface area contributed by atoms with E-state index < -0.39 is 0 Å². The van der Waals surface area contributed by atoms with Crippen molar-refractivity contribution in [2.75, 3.05) is 0 Å². The monoisotopic (exact) mass is 358 g/mol. The highest BCUT2D eigenvalue weighted by molar-refractivity contribution is 5.59. The number of imidazole rings is 1. The van der Waals surface area contributed by atoms with Gasteiger partial charge in [-0.2, -0.15) is 4.98 Å². The summed E-state index contributed by atoms with van der Waals surface area (Å²) in [7, 11) is 0. The van der Waals surface area contributed by atoms with E-state index in [0.29, 0.717) is 30.6 Å². The van der Waals surface area contributed by atoms with Crippen molar-refractivity contribution >= 4 is 0 Å². The predicted octanol–water partition coefficient (Wildman–Crippen LogP) is 4.18. The van der Waals surface area contributed by atoms with E-state index in [-0.39, 0.29) is 6.10 Å². The van der Waals surface area contributed by atoms with Gasteiger partial charge in [-0.1, -0.05) is 65.3 Å². The summed E-state index contributed by atoms with van der Waals surface area (Å²) >= 11 is 0. The first kappa shape index (κ1) is 16.0. The van der Waals surface area contributed by atoms with Crippen LogP contribution in [0, 0.1) is 6.92 Å². The van der Waals surface area contributed by atoms with Gasteiger partial charge in [0.15, 0.2) is 5.69 Å². The van der Waals surface area contributed by atoms with Crippen molar-refractivity contribution in [1.29, 1.82) is 0 Å². The average Bonchev–Trinajstić information content (AvgIpc) is 3.35. The number of ether oxygens (including phenoxy) is 1. The number of aromatic nitrogens is 4. The maximum Gasteiger partial charge on any atom is 0.278 e. The maximum atomic E-state index is 6.06. The third-order valence-electron chi connectivity index (χ3n) is 4.84. The fourth-order valence-electron chi connectivity index (χ4n) is 3.31. The van der Waals surface area contributed by atoms with Gasteiger partial charge in [0.05, 0.1) is 25.2 Å². The lowest BCUT2D eigenvalue weighted by atomic mass is 10.1. The average molecular weight is 358 g/mol. The van der Waals surface area contributed by atoms with E-state index in [1.54, 1.807) is 0 Å². The number of hydrogen-bond donors (Lipinski definition) is 0. The molecule has 3 heterocycles. The number of aryl methyl sites for hydroxylation is 1. The van der Waals surface area contributed by atoms with Crippen molar-refractivity contribution in [2.45, 2.75) is 26.2 Å². The molecule has 1 aliphatic heterocycles. The minimum absolute atomic E-state index is 0.0200. The minimum atomic E-state index is 0.0200. The molecule has 134 valence electrons. The molecule has 0 spiro atoms. The summed E-state index contributed by atoms with van der Waals surface area (Å²) in [6, 6.07) is 18.3. The van der Waals surface area contributed by atoms with Crippen LogP contribution in [0.4, 0.5) is 0 Å². The number of hydrogen-bond acceptors (Lipinski definition) is 5. The lowest BCUT2D eigenvalue weighted by Crippen LogP contribution is -2.20. The molecule has 6 nitrogen and oxygen atoms in total. The highest BCUT2D eigenvalue weighted by Crippen LogP contribution is 2.31. The molecule has 1 unspecified atom stereocenters. The molecule has 0 fully saturated rings. The summed E-state index contributed by atoms with van der Waals surface area (Å²) in [5.41, 5.74) is 4.92. The maximum absolute atomic E-state index is 6.06. The molecule has 0 saturated carbocycles. The first-order valence-electron chi connectivity index (χ1n) is 8.89. The van der Waals surface area contributed by atoms with Crippen LogP contribution in [0.15, 0.2) is 65.4 Å². The van der Waals surface area contributed by atoms with Crippen LogP contribution in [0.3, 0.4) is 0 Å². The molecule has 27 heavy (non-hydrogen) atoms. The Hall–Kier alpha value is -3.25. The zero-order valence-electron chi connectivity index (χ0n) is 14.9. The van der Waals surface area contributed by atoms with Crippen molar-refractivity contribution in [1.82, 2.24) is 19.7 Å². The smallest absolute Gasteiger partial charge is 0.278 e. The molecule has 1 aliphatic rings. The molecular formula is C21H18N4O2. The Labute approximate surface area is 156 Å². The normalized spacial score (nSPS) is 16.3. The zero-order chi connectivity index (χ0) is 18.2. The summed E-state index contributed by atoms with van der Waals surface area (Å²) in [5.74, 6) is 0.978. The Morgan fingerprint density at radius 3 is 2.67 bits per heavy atom. The lowest BCUT2D eigenvalue weighted by molar-refractivity contribution is 0.00330. The van der Waals surface area contributed by atoms with Gasteiger partial charge in [-0.3, -0.25) is 0 Å². The topological polar surface area (TPSA) is 66.0 Å². The molecule has 2 aromatic heterocycles. The predicted molar refractivity (Wildman–Crippen MR) is 99.7 cm³/mol. The Bertz CT molecular complexity index is 1070. The van der Waals surface area contributed by atoms with E-state index in [1.165, 1.54) is 5.56 Å². The summed E-state index contributed by atoms with van der Waals surface area (Å²) in [5, 5.41) is 4.11. The van der Waals surface area contributed by atoms with Gasteiger partial charge in [0.2, 0.25) is 5.82 Å². The lowest BCUT2D eigenvalue weighted by Gasteiger charge is -2.25. The molecule has 0 radical (unpaired) electrons. The summed E-state index contributed by atoms with van der Waals surface area (Å²) in [6.45, 7) is 3.22. The van der Waals surface area contributed by atoms with E-state index in [0.717, 1.165) is 16.8 Å². The van der Waals surface area contributed by atoms with Crippen molar-refractivity contribution in [3.8, 4) is 23.0 Å². The van der Waals surface area contributed by atoms with E-state index in [9.17, 15) is 0 Å². The second-order valence-electron chi connectivity index (χ2n) is 6.69. The van der Waals surface area contributed by atoms with Crippen LogP contribution >= 0.6 is 0 Å². The van der Waals surface area contributed by atoms with Gasteiger partial charge in [-0.05, 0) is 12.5 Å². The highest BCUT2D eigenvalue weighted by Gasteiger charge is 2.26. The van der Waals surface area contributed by atoms with Gasteiger partial charge in [-0.25, -0.2) is 4.98 Å². The van der Waals surface area contributed by atoms with Gasteiger partial charge in [0.1, 0.15) is 6.10 Å². The molecule has 2 aromatic carbocycles. The summed E-state index contributed by atoms with van der Waals surface area (Å²) in [6.07, 6.45) is 1.84. The second-order valence-corrected chi connectivity index (χ2v) is 6.69. The van der Waals surface area contributed by atoms with Gasteiger partial charge >= 0.3 is 0 Å².